The summed E-state index contributed by atoms with van der Waals surface area (Å²) in [7, 11) is 1.82. The molecule has 1 amide bonds. The largest absolute Gasteiger partial charge is 0.508 e. The van der Waals surface area contributed by atoms with Crippen molar-refractivity contribution in [3.8, 4) is 11.8 Å². The van der Waals surface area contributed by atoms with Crippen LogP contribution in [0.15, 0.2) is 30.3 Å². The summed E-state index contributed by atoms with van der Waals surface area (Å²) in [5.41, 5.74) is 2.54. The minimum Gasteiger partial charge on any atom is -0.508 e. The number of carbonyl (C=O) groups is 1. The van der Waals surface area contributed by atoms with Crippen molar-refractivity contribution < 1.29 is 19.4 Å². The zero-order valence-electron chi connectivity index (χ0n) is 26.4. The van der Waals surface area contributed by atoms with Crippen molar-refractivity contribution in [3.05, 3.63) is 50.7 Å². The number of carbonyl (C=O) groups excluding carboxylic acids is 1. The standard InChI is InChI=1S/C35H44IN5O4/c1-23-8-4-3-5-15-41(23)32-28-19-40(33(43)27-17-25(42)16-24-9-6-11-29(36)31(24)27)20-30(28)37-34(38-32)45-22-35(12-13-35)21-39-14-7-10-26(18-39)44-2/h6,9,11,16-17,23,26,42H,3-5,7-8,10,12-15,18-22H2,1-2H3/t23?,26-/m0/s1. The Morgan fingerprint density at radius 2 is 1.96 bits per heavy atom. The number of aromatic hydroxyl groups is 1. The number of rotatable bonds is 8. The molecule has 3 fully saturated rings. The van der Waals surface area contributed by atoms with Gasteiger partial charge in [0.15, 0.2) is 0 Å². The molecule has 4 heterocycles. The van der Waals surface area contributed by atoms with Crippen LogP contribution in [-0.2, 0) is 17.8 Å². The molecule has 1 aromatic heterocycles. The Morgan fingerprint density at radius 1 is 1.09 bits per heavy atom. The van der Waals surface area contributed by atoms with Gasteiger partial charge in [-0.1, -0.05) is 25.0 Å². The van der Waals surface area contributed by atoms with Crippen molar-refractivity contribution in [2.24, 2.45) is 5.41 Å². The van der Waals surface area contributed by atoms with Crippen molar-refractivity contribution in [2.75, 3.05) is 44.8 Å². The van der Waals surface area contributed by atoms with Gasteiger partial charge in [0.2, 0.25) is 0 Å². The molecule has 4 aliphatic rings. The van der Waals surface area contributed by atoms with Gasteiger partial charge in [-0.15, -0.1) is 0 Å². The lowest BCUT2D eigenvalue weighted by molar-refractivity contribution is 0.0199. The molecule has 2 atom stereocenters. The predicted molar refractivity (Wildman–Crippen MR) is 183 cm³/mol. The van der Waals surface area contributed by atoms with E-state index in [4.69, 9.17) is 19.4 Å². The van der Waals surface area contributed by atoms with Crippen molar-refractivity contribution in [1.29, 1.82) is 0 Å². The summed E-state index contributed by atoms with van der Waals surface area (Å²) in [6.45, 7) is 7.77. The fourth-order valence-corrected chi connectivity index (χ4v) is 8.33. The molecule has 1 unspecified atom stereocenters. The van der Waals surface area contributed by atoms with Crippen LogP contribution >= 0.6 is 22.6 Å². The van der Waals surface area contributed by atoms with E-state index in [1.807, 2.05) is 30.2 Å². The highest BCUT2D eigenvalue weighted by atomic mass is 127. The monoisotopic (exact) mass is 725 g/mol. The highest BCUT2D eigenvalue weighted by Crippen LogP contribution is 2.47. The second-order valence-corrected chi connectivity index (χ2v) is 14.8. The highest BCUT2D eigenvalue weighted by Gasteiger charge is 2.46. The molecule has 2 aromatic carbocycles. The van der Waals surface area contributed by atoms with Gasteiger partial charge in [-0.3, -0.25) is 4.79 Å². The number of nitrogens with zero attached hydrogens (tertiary/aromatic N) is 5. The van der Waals surface area contributed by atoms with E-state index in [-0.39, 0.29) is 17.1 Å². The normalized spacial score (nSPS) is 23.2. The number of benzene rings is 2. The smallest absolute Gasteiger partial charge is 0.318 e. The van der Waals surface area contributed by atoms with E-state index in [1.165, 1.54) is 19.3 Å². The van der Waals surface area contributed by atoms with Crippen LogP contribution in [0.5, 0.6) is 11.8 Å². The van der Waals surface area contributed by atoms with Gasteiger partial charge in [0.25, 0.3) is 5.91 Å². The first kappa shape index (κ1) is 30.9. The molecule has 3 aliphatic heterocycles. The molecule has 1 aliphatic carbocycles. The zero-order valence-corrected chi connectivity index (χ0v) is 28.6. The van der Waals surface area contributed by atoms with Crippen LogP contribution in [-0.4, -0.2) is 82.8 Å². The Morgan fingerprint density at radius 3 is 2.78 bits per heavy atom. The van der Waals surface area contributed by atoms with Gasteiger partial charge in [-0.25, -0.2) is 0 Å². The lowest BCUT2D eigenvalue weighted by atomic mass is 10.0. The predicted octanol–water partition coefficient (Wildman–Crippen LogP) is 6.13. The summed E-state index contributed by atoms with van der Waals surface area (Å²) in [5.74, 6) is 0.900. The molecule has 10 heteroatoms. The van der Waals surface area contributed by atoms with E-state index in [0.717, 1.165) is 89.7 Å². The lowest BCUT2D eigenvalue weighted by Crippen LogP contribution is -2.43. The van der Waals surface area contributed by atoms with Crippen molar-refractivity contribution >= 4 is 45.1 Å². The number of piperidine rings is 1. The minimum absolute atomic E-state index is 0.0930. The van der Waals surface area contributed by atoms with E-state index < -0.39 is 0 Å². The SMILES string of the molecule is CO[C@H]1CCCN(CC2(COc3nc4c(c(N5CCCCCC5C)n3)CN(C(=O)c3cc(O)cc5cccc(I)c35)C4)CC2)C1. The topological polar surface area (TPSA) is 91.3 Å². The lowest BCUT2D eigenvalue weighted by Gasteiger charge is -2.34. The van der Waals surface area contributed by atoms with Gasteiger partial charge < -0.3 is 29.3 Å². The third-order valence-electron chi connectivity index (χ3n) is 10.3. The van der Waals surface area contributed by atoms with E-state index >= 15 is 0 Å². The van der Waals surface area contributed by atoms with E-state index in [2.05, 4.69) is 39.3 Å². The van der Waals surface area contributed by atoms with Crippen LogP contribution in [0, 0.1) is 8.99 Å². The molecule has 0 bridgehead atoms. The maximum atomic E-state index is 14.1. The van der Waals surface area contributed by atoms with E-state index in [1.54, 1.807) is 12.1 Å². The number of phenolic OH excluding ortho intramolecular Hbond substituents is 1. The number of phenols is 1. The molecule has 9 nitrogen and oxygen atoms in total. The first-order valence-electron chi connectivity index (χ1n) is 16.6. The Balaban J connectivity index is 1.15. The minimum atomic E-state index is -0.108. The Labute approximate surface area is 279 Å². The van der Waals surface area contributed by atoms with Crippen LogP contribution < -0.4 is 9.64 Å². The average Bonchev–Trinajstić information content (AvgIpc) is 3.72. The van der Waals surface area contributed by atoms with Crippen molar-refractivity contribution in [3.63, 3.8) is 0 Å². The van der Waals surface area contributed by atoms with Crippen molar-refractivity contribution in [1.82, 2.24) is 19.8 Å². The zero-order chi connectivity index (χ0) is 31.1. The van der Waals surface area contributed by atoms with Gasteiger partial charge in [0, 0.05) is 52.7 Å². The molecular formula is C35H44IN5O4. The van der Waals surface area contributed by atoms with Crippen LogP contribution in [0.25, 0.3) is 10.8 Å². The van der Waals surface area contributed by atoms with Gasteiger partial charge in [0.05, 0.1) is 37.1 Å². The summed E-state index contributed by atoms with van der Waals surface area (Å²) in [5, 5.41) is 12.2. The maximum Gasteiger partial charge on any atom is 0.318 e. The van der Waals surface area contributed by atoms with Gasteiger partial charge >= 0.3 is 6.01 Å². The summed E-state index contributed by atoms with van der Waals surface area (Å²) in [6.07, 6.45) is 9.61. The first-order valence-corrected chi connectivity index (χ1v) is 17.7. The molecule has 1 N–H and O–H groups in total. The summed E-state index contributed by atoms with van der Waals surface area (Å²) >= 11 is 2.27. The second kappa shape index (κ2) is 12.8. The van der Waals surface area contributed by atoms with Crippen LogP contribution in [0.4, 0.5) is 5.82 Å². The molecular weight excluding hydrogens is 681 g/mol. The fourth-order valence-electron chi connectivity index (χ4n) is 7.52. The number of amides is 1. The maximum absolute atomic E-state index is 14.1. The van der Waals surface area contributed by atoms with Crippen LogP contribution in [0.1, 0.15) is 79.9 Å². The van der Waals surface area contributed by atoms with Gasteiger partial charge in [-0.2, -0.15) is 9.97 Å². The number of hydrogen-bond donors (Lipinski definition) is 1. The molecule has 240 valence electrons. The van der Waals surface area contributed by atoms with Crippen LogP contribution in [0.2, 0.25) is 0 Å². The third-order valence-corrected chi connectivity index (χ3v) is 11.2. The number of halogens is 1. The Kier molecular flexibility index (Phi) is 8.82. The summed E-state index contributed by atoms with van der Waals surface area (Å²) in [6, 6.07) is 9.97. The number of fused-ring (bicyclic) bond motifs is 2. The first-order chi connectivity index (χ1) is 21.8. The number of anilines is 1. The molecule has 0 spiro atoms. The average molecular weight is 726 g/mol. The molecule has 7 rings (SSSR count). The van der Waals surface area contributed by atoms with Gasteiger partial charge in [0.1, 0.15) is 11.6 Å². The molecule has 45 heavy (non-hydrogen) atoms. The number of likely N-dealkylation sites (tertiary alicyclic amines) is 1. The number of aromatic nitrogens is 2. The summed E-state index contributed by atoms with van der Waals surface area (Å²) in [4.78, 5) is 31.0. The molecule has 3 aromatic rings. The Hall–Kier alpha value is -2.70. The molecule has 1 saturated carbocycles. The Bertz CT molecular complexity index is 1580. The third kappa shape index (κ3) is 6.47. The molecule has 0 radical (unpaired) electrons. The van der Waals surface area contributed by atoms with Crippen LogP contribution in [0.3, 0.4) is 0 Å². The van der Waals surface area contributed by atoms with Gasteiger partial charge in [-0.05, 0) is 98.2 Å². The number of ether oxygens (including phenoxy) is 2. The molecule has 2 saturated heterocycles. The number of hydrogen-bond acceptors (Lipinski definition) is 8. The summed E-state index contributed by atoms with van der Waals surface area (Å²) < 4.78 is 13.1. The van der Waals surface area contributed by atoms with Crippen molar-refractivity contribution in [2.45, 2.75) is 83.5 Å². The second-order valence-electron chi connectivity index (χ2n) is 13.7. The quantitative estimate of drug-likeness (QED) is 0.278. The highest BCUT2D eigenvalue weighted by molar-refractivity contribution is 14.1. The number of methoxy groups -OCH3 is 1. The fraction of sp³-hybridized carbons (Fsp3) is 0.571. The van der Waals surface area contributed by atoms with E-state index in [0.29, 0.717) is 43.4 Å². The van der Waals surface area contributed by atoms with E-state index in [9.17, 15) is 9.90 Å².